The van der Waals surface area contributed by atoms with E-state index in [9.17, 15) is 4.79 Å². The van der Waals surface area contributed by atoms with Crippen LogP contribution >= 0.6 is 11.8 Å². The molecule has 0 radical (unpaired) electrons. The molecule has 7 heteroatoms. The third kappa shape index (κ3) is 5.19. The summed E-state index contributed by atoms with van der Waals surface area (Å²) in [5.41, 5.74) is 3.85. The van der Waals surface area contributed by atoms with Crippen LogP contribution in [-0.2, 0) is 4.79 Å². The van der Waals surface area contributed by atoms with Gasteiger partial charge in [0.1, 0.15) is 0 Å². The van der Waals surface area contributed by atoms with E-state index < -0.39 is 0 Å². The van der Waals surface area contributed by atoms with Gasteiger partial charge in [0.05, 0.1) is 5.75 Å². The third-order valence-electron chi connectivity index (χ3n) is 4.31. The molecule has 138 valence electrons. The second kappa shape index (κ2) is 8.51. The minimum Gasteiger partial charge on any atom is -0.369 e. The molecule has 1 aliphatic heterocycles. The van der Waals surface area contributed by atoms with Crippen LogP contribution in [0, 0.1) is 13.8 Å². The first-order chi connectivity index (χ1) is 12.5. The minimum absolute atomic E-state index is 0.0508. The predicted molar refractivity (Wildman–Crippen MR) is 107 cm³/mol. The number of anilines is 2. The molecule has 3 rings (SSSR count). The maximum absolute atomic E-state index is 12.2. The number of benzene rings is 1. The van der Waals surface area contributed by atoms with Crippen molar-refractivity contribution < 1.29 is 4.79 Å². The van der Waals surface area contributed by atoms with Gasteiger partial charge >= 0.3 is 0 Å². The smallest absolute Gasteiger partial charge is 0.234 e. The molecule has 26 heavy (non-hydrogen) atoms. The van der Waals surface area contributed by atoms with Crippen molar-refractivity contribution in [1.29, 1.82) is 0 Å². The van der Waals surface area contributed by atoms with Crippen LogP contribution in [0.15, 0.2) is 35.5 Å². The van der Waals surface area contributed by atoms with Crippen LogP contribution in [0.25, 0.3) is 0 Å². The summed E-state index contributed by atoms with van der Waals surface area (Å²) in [6.45, 7) is 8.09. The molecule has 1 aromatic carbocycles. The highest BCUT2D eigenvalue weighted by molar-refractivity contribution is 7.99. The second-order valence-electron chi connectivity index (χ2n) is 6.61. The molecule has 0 bridgehead atoms. The van der Waals surface area contributed by atoms with Gasteiger partial charge in [0.2, 0.25) is 5.91 Å². The zero-order valence-electron chi connectivity index (χ0n) is 15.5. The second-order valence-corrected chi connectivity index (χ2v) is 7.55. The van der Waals surface area contributed by atoms with E-state index in [2.05, 4.69) is 44.3 Å². The van der Waals surface area contributed by atoms with Crippen molar-refractivity contribution in [2.45, 2.75) is 19.0 Å². The standard InChI is InChI=1S/C19H25N5OS/c1-14-12-15(2)21-19(20-14)26-13-18(25)22-16-4-6-17(7-5-16)24-10-8-23(3)9-11-24/h4-7,12H,8-11,13H2,1-3H3,(H,22,25). The number of hydrogen-bond acceptors (Lipinski definition) is 6. The molecule has 1 aromatic heterocycles. The van der Waals surface area contributed by atoms with Gasteiger partial charge in [-0.15, -0.1) is 0 Å². The molecule has 0 saturated carbocycles. The van der Waals surface area contributed by atoms with Gasteiger partial charge in [0.25, 0.3) is 0 Å². The Hall–Kier alpha value is -2.12. The fourth-order valence-electron chi connectivity index (χ4n) is 2.91. The van der Waals surface area contributed by atoms with Gasteiger partial charge in [-0.1, -0.05) is 11.8 Å². The number of piperazine rings is 1. The number of amides is 1. The van der Waals surface area contributed by atoms with Crippen LogP contribution in [0.1, 0.15) is 11.4 Å². The number of rotatable bonds is 5. The first-order valence-corrected chi connectivity index (χ1v) is 9.76. The van der Waals surface area contributed by atoms with E-state index >= 15 is 0 Å². The Morgan fingerprint density at radius 2 is 1.69 bits per heavy atom. The van der Waals surface area contributed by atoms with Gasteiger partial charge in [0.15, 0.2) is 5.16 Å². The van der Waals surface area contributed by atoms with E-state index in [-0.39, 0.29) is 5.91 Å². The summed E-state index contributed by atoms with van der Waals surface area (Å²) in [6.07, 6.45) is 0. The van der Waals surface area contributed by atoms with E-state index in [1.807, 2.05) is 32.0 Å². The van der Waals surface area contributed by atoms with Crippen molar-refractivity contribution in [2.75, 3.05) is 49.2 Å². The van der Waals surface area contributed by atoms with Crippen molar-refractivity contribution in [1.82, 2.24) is 14.9 Å². The highest BCUT2D eigenvalue weighted by Crippen LogP contribution is 2.20. The summed E-state index contributed by atoms with van der Waals surface area (Å²) in [5, 5.41) is 3.58. The Morgan fingerprint density at radius 1 is 1.08 bits per heavy atom. The molecule has 0 aliphatic carbocycles. The zero-order chi connectivity index (χ0) is 18.5. The molecule has 2 heterocycles. The maximum atomic E-state index is 12.2. The quantitative estimate of drug-likeness (QED) is 0.644. The Kier molecular flexibility index (Phi) is 6.11. The molecule has 1 aliphatic rings. The van der Waals surface area contributed by atoms with Crippen molar-refractivity contribution in [3.8, 4) is 0 Å². The molecule has 0 spiro atoms. The number of nitrogens with one attached hydrogen (secondary N) is 1. The lowest BCUT2D eigenvalue weighted by atomic mass is 10.2. The first kappa shape index (κ1) is 18.7. The topological polar surface area (TPSA) is 61.4 Å². The summed E-state index contributed by atoms with van der Waals surface area (Å²) in [4.78, 5) is 25.6. The number of carbonyl (C=O) groups is 1. The van der Waals surface area contributed by atoms with Crippen molar-refractivity contribution in [2.24, 2.45) is 0 Å². The van der Waals surface area contributed by atoms with Gasteiger partial charge in [-0.05, 0) is 51.2 Å². The lowest BCUT2D eigenvalue weighted by Crippen LogP contribution is -2.44. The lowest BCUT2D eigenvalue weighted by Gasteiger charge is -2.34. The van der Waals surface area contributed by atoms with Crippen LogP contribution in [0.5, 0.6) is 0 Å². The van der Waals surface area contributed by atoms with E-state index in [0.717, 1.165) is 43.3 Å². The number of aryl methyl sites for hydroxylation is 2. The van der Waals surface area contributed by atoms with Crippen LogP contribution in [0.4, 0.5) is 11.4 Å². The molecule has 2 aromatic rings. The van der Waals surface area contributed by atoms with Crippen LogP contribution in [-0.4, -0.2) is 59.8 Å². The molecular weight excluding hydrogens is 346 g/mol. The van der Waals surface area contributed by atoms with Crippen molar-refractivity contribution >= 4 is 29.0 Å². The van der Waals surface area contributed by atoms with Gasteiger partial charge in [-0.2, -0.15) is 0 Å². The number of nitrogens with zero attached hydrogens (tertiary/aromatic N) is 4. The van der Waals surface area contributed by atoms with Crippen molar-refractivity contribution in [3.63, 3.8) is 0 Å². The monoisotopic (exact) mass is 371 g/mol. The molecule has 1 saturated heterocycles. The zero-order valence-corrected chi connectivity index (χ0v) is 16.3. The molecule has 1 fully saturated rings. The van der Waals surface area contributed by atoms with Crippen molar-refractivity contribution in [3.05, 3.63) is 41.7 Å². The fourth-order valence-corrected chi connectivity index (χ4v) is 3.65. The number of hydrogen-bond donors (Lipinski definition) is 1. The largest absolute Gasteiger partial charge is 0.369 e. The highest BCUT2D eigenvalue weighted by Gasteiger charge is 2.14. The van der Waals surface area contributed by atoms with Gasteiger partial charge in [-0.3, -0.25) is 4.79 Å². The number of aromatic nitrogens is 2. The average Bonchev–Trinajstić information content (AvgIpc) is 2.61. The Labute approximate surface area is 159 Å². The van der Waals surface area contributed by atoms with Crippen LogP contribution in [0.3, 0.4) is 0 Å². The number of carbonyl (C=O) groups excluding carboxylic acids is 1. The normalized spacial score (nSPS) is 15.1. The lowest BCUT2D eigenvalue weighted by molar-refractivity contribution is -0.113. The van der Waals surface area contributed by atoms with Gasteiger partial charge in [0, 0.05) is 48.9 Å². The highest BCUT2D eigenvalue weighted by atomic mass is 32.2. The van der Waals surface area contributed by atoms with Gasteiger partial charge < -0.3 is 15.1 Å². The average molecular weight is 372 g/mol. The van der Waals surface area contributed by atoms with E-state index in [1.165, 1.54) is 17.4 Å². The molecule has 1 amide bonds. The summed E-state index contributed by atoms with van der Waals surface area (Å²) in [5.74, 6) is 0.244. The molecule has 1 N–H and O–H groups in total. The Bertz CT molecular complexity index is 737. The summed E-state index contributed by atoms with van der Waals surface area (Å²) in [6, 6.07) is 9.99. The van der Waals surface area contributed by atoms with E-state index in [4.69, 9.17) is 0 Å². The minimum atomic E-state index is -0.0508. The summed E-state index contributed by atoms with van der Waals surface area (Å²) >= 11 is 1.36. The summed E-state index contributed by atoms with van der Waals surface area (Å²) < 4.78 is 0. The Morgan fingerprint density at radius 3 is 2.31 bits per heavy atom. The fraction of sp³-hybridized carbons (Fsp3) is 0.421. The number of likely N-dealkylation sites (N-methyl/N-ethyl adjacent to an activating group) is 1. The predicted octanol–water partition coefficient (Wildman–Crippen LogP) is 2.58. The SMILES string of the molecule is Cc1cc(C)nc(SCC(=O)Nc2ccc(N3CCN(C)CC3)cc2)n1. The molecule has 6 nitrogen and oxygen atoms in total. The third-order valence-corrected chi connectivity index (χ3v) is 5.16. The van der Waals surface area contributed by atoms with Crippen LogP contribution < -0.4 is 10.2 Å². The molecular formula is C19H25N5OS. The first-order valence-electron chi connectivity index (χ1n) is 8.78. The number of thioether (sulfide) groups is 1. The molecule has 0 unspecified atom stereocenters. The van der Waals surface area contributed by atoms with E-state index in [0.29, 0.717) is 10.9 Å². The van der Waals surface area contributed by atoms with E-state index in [1.54, 1.807) is 0 Å². The van der Waals surface area contributed by atoms with Crippen LogP contribution in [0.2, 0.25) is 0 Å². The molecule has 0 atom stereocenters. The maximum Gasteiger partial charge on any atom is 0.234 e. The Balaban J connectivity index is 1.51. The summed E-state index contributed by atoms with van der Waals surface area (Å²) in [7, 11) is 2.15. The van der Waals surface area contributed by atoms with Gasteiger partial charge in [-0.25, -0.2) is 9.97 Å².